The van der Waals surface area contributed by atoms with Gasteiger partial charge in [0.15, 0.2) is 0 Å². The Morgan fingerprint density at radius 2 is 1.60 bits per heavy atom. The molecule has 2 N–H and O–H groups in total. The summed E-state index contributed by atoms with van der Waals surface area (Å²) in [6, 6.07) is 13.5. The van der Waals surface area contributed by atoms with E-state index in [0.717, 1.165) is 16.3 Å². The second kappa shape index (κ2) is 7.09. The highest BCUT2D eigenvalue weighted by Gasteiger charge is 2.03. The minimum atomic E-state index is -0.935. The van der Waals surface area contributed by atoms with Crippen LogP contribution in [0.4, 0.5) is 0 Å². The number of carboxylic acids is 2. The Morgan fingerprint density at radius 3 is 2.15 bits per heavy atom. The maximum Gasteiger partial charge on any atom is 0.330 e. The average molecular weight is 272 g/mol. The molecule has 0 saturated carbocycles. The molecule has 0 unspecified atom stereocenters. The van der Waals surface area contributed by atoms with E-state index in [1.165, 1.54) is 6.92 Å². The van der Waals surface area contributed by atoms with Crippen molar-refractivity contribution in [2.24, 2.45) is 0 Å². The molecule has 0 aliphatic carbocycles. The Hall–Kier alpha value is -2.62. The lowest BCUT2D eigenvalue weighted by molar-refractivity contribution is -0.136. The summed E-state index contributed by atoms with van der Waals surface area (Å²) >= 11 is 0. The second-order valence-electron chi connectivity index (χ2n) is 4.29. The number of carboxylic acid groups (broad SMARTS) is 2. The van der Waals surface area contributed by atoms with Gasteiger partial charge in [-0.05, 0) is 23.3 Å². The molecule has 0 heterocycles. The molecule has 0 saturated heterocycles. The zero-order valence-corrected chi connectivity index (χ0v) is 11.2. The summed E-state index contributed by atoms with van der Waals surface area (Å²) in [6.07, 6.45) is 0.0847. The summed E-state index contributed by atoms with van der Waals surface area (Å²) in [6.45, 7) is 4.60. The highest BCUT2D eigenvalue weighted by atomic mass is 16.4. The third-order valence-corrected chi connectivity index (χ3v) is 2.59. The zero-order valence-electron chi connectivity index (χ0n) is 11.2. The van der Waals surface area contributed by atoms with Crippen molar-refractivity contribution in [2.45, 2.75) is 13.3 Å². The fourth-order valence-corrected chi connectivity index (χ4v) is 1.61. The van der Waals surface area contributed by atoms with Crippen molar-refractivity contribution in [3.8, 4) is 0 Å². The summed E-state index contributed by atoms with van der Waals surface area (Å²) < 4.78 is 0. The van der Waals surface area contributed by atoms with Crippen LogP contribution in [-0.4, -0.2) is 22.2 Å². The number of rotatable bonds is 3. The molecule has 0 fully saturated rings. The van der Waals surface area contributed by atoms with Gasteiger partial charge in [0, 0.05) is 5.57 Å². The molecule has 4 nitrogen and oxygen atoms in total. The van der Waals surface area contributed by atoms with Crippen LogP contribution >= 0.6 is 0 Å². The highest BCUT2D eigenvalue weighted by Crippen LogP contribution is 2.18. The van der Waals surface area contributed by atoms with Crippen molar-refractivity contribution in [1.82, 2.24) is 0 Å². The zero-order chi connectivity index (χ0) is 15.1. The van der Waals surface area contributed by atoms with Crippen LogP contribution in [0.15, 0.2) is 54.6 Å². The molecule has 104 valence electrons. The molecular formula is C16H16O4. The number of fused-ring (bicyclic) bond motifs is 1. The van der Waals surface area contributed by atoms with Gasteiger partial charge in [-0.1, -0.05) is 49.0 Å². The first-order valence-corrected chi connectivity index (χ1v) is 5.99. The van der Waals surface area contributed by atoms with E-state index in [-0.39, 0.29) is 12.0 Å². The summed E-state index contributed by atoms with van der Waals surface area (Å²) in [4.78, 5) is 20.2. The van der Waals surface area contributed by atoms with E-state index in [2.05, 4.69) is 6.58 Å². The molecule has 0 spiro atoms. The smallest absolute Gasteiger partial charge is 0.330 e. The van der Waals surface area contributed by atoms with Crippen LogP contribution in [0.1, 0.15) is 12.5 Å². The first-order valence-electron chi connectivity index (χ1n) is 5.99. The van der Waals surface area contributed by atoms with E-state index in [0.29, 0.717) is 0 Å². The topological polar surface area (TPSA) is 74.6 Å². The molecule has 0 aliphatic heterocycles. The monoisotopic (exact) mass is 272 g/mol. The van der Waals surface area contributed by atoms with Crippen molar-refractivity contribution in [3.05, 3.63) is 60.2 Å². The standard InChI is InChI=1S/C12H10O2.C4H6O2/c13-12(14)8-10-6-3-5-9-4-1-2-7-11(9)10;1-3(2)4(5)6/h1-7H,8H2,(H,13,14);1H2,2H3,(H,5,6). The quantitative estimate of drug-likeness (QED) is 0.842. The molecule has 0 radical (unpaired) electrons. The van der Waals surface area contributed by atoms with Crippen molar-refractivity contribution in [1.29, 1.82) is 0 Å². The Morgan fingerprint density at radius 1 is 1.05 bits per heavy atom. The highest BCUT2D eigenvalue weighted by molar-refractivity contribution is 5.88. The van der Waals surface area contributed by atoms with E-state index < -0.39 is 11.9 Å². The Balaban J connectivity index is 0.000000286. The molecule has 0 bridgehead atoms. The van der Waals surface area contributed by atoms with Crippen molar-refractivity contribution >= 4 is 22.7 Å². The van der Waals surface area contributed by atoms with E-state index in [9.17, 15) is 9.59 Å². The van der Waals surface area contributed by atoms with Gasteiger partial charge in [-0.3, -0.25) is 4.79 Å². The van der Waals surface area contributed by atoms with Crippen LogP contribution in [0.2, 0.25) is 0 Å². The molecule has 2 aromatic carbocycles. The number of carbonyl (C=O) groups is 2. The molecule has 2 aromatic rings. The molecule has 0 aliphatic rings. The predicted molar refractivity (Wildman–Crippen MR) is 77.7 cm³/mol. The van der Waals surface area contributed by atoms with Crippen molar-refractivity contribution < 1.29 is 19.8 Å². The van der Waals surface area contributed by atoms with Crippen LogP contribution in [-0.2, 0) is 16.0 Å². The number of benzene rings is 2. The molecule has 0 atom stereocenters. The van der Waals surface area contributed by atoms with Gasteiger partial charge in [0.05, 0.1) is 6.42 Å². The molecule has 4 heteroatoms. The van der Waals surface area contributed by atoms with Crippen molar-refractivity contribution in [2.75, 3.05) is 0 Å². The van der Waals surface area contributed by atoms with Gasteiger partial charge in [0.25, 0.3) is 0 Å². The van der Waals surface area contributed by atoms with Gasteiger partial charge in [0.1, 0.15) is 0 Å². The van der Waals surface area contributed by atoms with E-state index >= 15 is 0 Å². The van der Waals surface area contributed by atoms with Gasteiger partial charge < -0.3 is 10.2 Å². The minimum absolute atomic E-state index is 0.0847. The average Bonchev–Trinajstić information content (AvgIpc) is 2.39. The summed E-state index contributed by atoms with van der Waals surface area (Å²) in [5, 5.41) is 18.7. The number of aliphatic carboxylic acids is 2. The Bertz CT molecular complexity index is 626. The molecule has 0 amide bonds. The Kier molecular flexibility index (Phi) is 5.47. The van der Waals surface area contributed by atoms with E-state index in [4.69, 9.17) is 10.2 Å². The second-order valence-corrected chi connectivity index (χ2v) is 4.29. The normalized spacial score (nSPS) is 9.45. The third kappa shape index (κ3) is 4.57. The number of hydrogen-bond acceptors (Lipinski definition) is 2. The van der Waals surface area contributed by atoms with E-state index in [1.54, 1.807) is 0 Å². The van der Waals surface area contributed by atoms with Gasteiger partial charge in [-0.2, -0.15) is 0 Å². The summed E-state index contributed by atoms with van der Waals surface area (Å²) in [5.41, 5.74) is 1.05. The van der Waals surface area contributed by atoms with Crippen LogP contribution in [0.5, 0.6) is 0 Å². The van der Waals surface area contributed by atoms with Crippen LogP contribution in [0, 0.1) is 0 Å². The summed E-state index contributed by atoms with van der Waals surface area (Å²) in [7, 11) is 0. The fourth-order valence-electron chi connectivity index (χ4n) is 1.61. The first-order chi connectivity index (χ1) is 9.41. The lowest BCUT2D eigenvalue weighted by Gasteiger charge is -2.02. The van der Waals surface area contributed by atoms with Crippen LogP contribution in [0.25, 0.3) is 10.8 Å². The molecule has 2 rings (SSSR count). The van der Waals surface area contributed by atoms with Gasteiger partial charge in [0.2, 0.25) is 0 Å². The fraction of sp³-hybridized carbons (Fsp3) is 0.125. The lowest BCUT2D eigenvalue weighted by atomic mass is 10.0. The lowest BCUT2D eigenvalue weighted by Crippen LogP contribution is -2.00. The largest absolute Gasteiger partial charge is 0.481 e. The van der Waals surface area contributed by atoms with E-state index in [1.807, 2.05) is 42.5 Å². The van der Waals surface area contributed by atoms with Crippen LogP contribution < -0.4 is 0 Å². The minimum Gasteiger partial charge on any atom is -0.481 e. The maximum absolute atomic E-state index is 10.6. The van der Waals surface area contributed by atoms with Crippen LogP contribution in [0.3, 0.4) is 0 Å². The van der Waals surface area contributed by atoms with Gasteiger partial charge in [-0.15, -0.1) is 0 Å². The van der Waals surface area contributed by atoms with Gasteiger partial charge in [-0.25, -0.2) is 4.79 Å². The molecule has 20 heavy (non-hydrogen) atoms. The summed E-state index contributed by atoms with van der Waals surface area (Å²) in [5.74, 6) is -1.73. The predicted octanol–water partition coefficient (Wildman–Crippen LogP) is 3.11. The third-order valence-electron chi connectivity index (χ3n) is 2.59. The van der Waals surface area contributed by atoms with Gasteiger partial charge >= 0.3 is 11.9 Å². The maximum atomic E-state index is 10.6. The SMILES string of the molecule is C=C(C)C(=O)O.O=C(O)Cc1cccc2ccccc12. The van der Waals surface area contributed by atoms with Crippen molar-refractivity contribution in [3.63, 3.8) is 0 Å². The molecule has 0 aromatic heterocycles. The Labute approximate surface area is 117 Å². The number of hydrogen-bond donors (Lipinski definition) is 2. The first kappa shape index (κ1) is 15.4. The molecular weight excluding hydrogens is 256 g/mol.